The van der Waals surface area contributed by atoms with E-state index in [-0.39, 0.29) is 6.79 Å². The first-order valence-electron chi connectivity index (χ1n) is 7.02. The molecule has 110 valence electrons. The highest BCUT2D eigenvalue weighted by Gasteiger charge is 2.17. The van der Waals surface area contributed by atoms with Gasteiger partial charge in [-0.1, -0.05) is 36.4 Å². The van der Waals surface area contributed by atoms with Crippen molar-refractivity contribution in [3.8, 4) is 11.5 Å². The largest absolute Gasteiger partial charge is 0.454 e. The topological polar surface area (TPSA) is 41.9 Å². The SMILES string of the molecule is CN(Cc1ccccc1)C[C@H](O)c1ccc2c(c1)OCO2. The van der Waals surface area contributed by atoms with Gasteiger partial charge in [0.05, 0.1) is 6.10 Å². The number of fused-ring (bicyclic) bond motifs is 1. The average Bonchev–Trinajstić information content (AvgIpc) is 2.95. The van der Waals surface area contributed by atoms with Crippen LogP contribution in [0.5, 0.6) is 11.5 Å². The monoisotopic (exact) mass is 285 g/mol. The van der Waals surface area contributed by atoms with E-state index in [1.54, 1.807) is 0 Å². The molecule has 0 saturated carbocycles. The lowest BCUT2D eigenvalue weighted by atomic mass is 10.1. The summed E-state index contributed by atoms with van der Waals surface area (Å²) in [4.78, 5) is 2.10. The summed E-state index contributed by atoms with van der Waals surface area (Å²) < 4.78 is 10.6. The number of aliphatic hydroxyl groups is 1. The molecule has 0 aliphatic carbocycles. The zero-order chi connectivity index (χ0) is 14.7. The molecule has 2 aromatic carbocycles. The number of benzene rings is 2. The minimum absolute atomic E-state index is 0.253. The molecule has 1 atom stereocenters. The van der Waals surface area contributed by atoms with Gasteiger partial charge in [-0.2, -0.15) is 0 Å². The highest BCUT2D eigenvalue weighted by Crippen LogP contribution is 2.34. The molecule has 0 unspecified atom stereocenters. The zero-order valence-corrected chi connectivity index (χ0v) is 12.0. The molecule has 0 aromatic heterocycles. The first-order chi connectivity index (χ1) is 10.2. The van der Waals surface area contributed by atoms with Crippen LogP contribution < -0.4 is 9.47 Å². The summed E-state index contributed by atoms with van der Waals surface area (Å²) in [5.41, 5.74) is 2.08. The molecule has 3 rings (SSSR count). The van der Waals surface area contributed by atoms with Crippen molar-refractivity contribution < 1.29 is 14.6 Å². The van der Waals surface area contributed by atoms with E-state index in [9.17, 15) is 5.11 Å². The summed E-state index contributed by atoms with van der Waals surface area (Å²) in [5.74, 6) is 1.45. The van der Waals surface area contributed by atoms with Gasteiger partial charge in [0.25, 0.3) is 0 Å². The second-order valence-corrected chi connectivity index (χ2v) is 5.31. The Morgan fingerprint density at radius 1 is 1.10 bits per heavy atom. The van der Waals surface area contributed by atoms with Crippen molar-refractivity contribution in [1.29, 1.82) is 0 Å². The van der Waals surface area contributed by atoms with Crippen LogP contribution in [0.15, 0.2) is 48.5 Å². The number of hydrogen-bond acceptors (Lipinski definition) is 4. The minimum Gasteiger partial charge on any atom is -0.454 e. The number of aliphatic hydroxyl groups excluding tert-OH is 1. The van der Waals surface area contributed by atoms with Crippen molar-refractivity contribution in [3.05, 3.63) is 59.7 Å². The second kappa shape index (κ2) is 6.16. The Morgan fingerprint density at radius 3 is 2.67 bits per heavy atom. The van der Waals surface area contributed by atoms with E-state index in [0.29, 0.717) is 12.3 Å². The van der Waals surface area contributed by atoms with Gasteiger partial charge < -0.3 is 14.6 Å². The van der Waals surface area contributed by atoms with Gasteiger partial charge in [0, 0.05) is 13.1 Å². The Morgan fingerprint density at radius 2 is 1.86 bits per heavy atom. The van der Waals surface area contributed by atoms with Crippen molar-refractivity contribution in [2.45, 2.75) is 12.6 Å². The van der Waals surface area contributed by atoms with Gasteiger partial charge in [-0.15, -0.1) is 0 Å². The molecule has 1 heterocycles. The van der Waals surface area contributed by atoms with Crippen LogP contribution >= 0.6 is 0 Å². The van der Waals surface area contributed by atoms with Gasteiger partial charge in [-0.25, -0.2) is 0 Å². The van der Waals surface area contributed by atoms with Crippen molar-refractivity contribution in [2.24, 2.45) is 0 Å². The van der Waals surface area contributed by atoms with Crippen LogP contribution in [0.3, 0.4) is 0 Å². The summed E-state index contributed by atoms with van der Waals surface area (Å²) >= 11 is 0. The zero-order valence-electron chi connectivity index (χ0n) is 12.0. The summed E-state index contributed by atoms with van der Waals surface area (Å²) in [6.45, 7) is 1.62. The maximum Gasteiger partial charge on any atom is 0.231 e. The molecular formula is C17H19NO3. The molecule has 21 heavy (non-hydrogen) atoms. The Hall–Kier alpha value is -2.04. The molecule has 0 radical (unpaired) electrons. The predicted molar refractivity (Wildman–Crippen MR) is 80.3 cm³/mol. The molecule has 4 heteroatoms. The summed E-state index contributed by atoms with van der Waals surface area (Å²) in [5, 5.41) is 10.4. The van der Waals surface area contributed by atoms with Gasteiger partial charge in [0.15, 0.2) is 11.5 Å². The number of hydrogen-bond donors (Lipinski definition) is 1. The molecule has 1 aliphatic heterocycles. The lowest BCUT2D eigenvalue weighted by Crippen LogP contribution is -2.24. The standard InChI is InChI=1S/C17H19NO3/c1-18(10-13-5-3-2-4-6-13)11-15(19)14-7-8-16-17(9-14)21-12-20-16/h2-9,15,19H,10-12H2,1H3/t15-/m0/s1. The van der Waals surface area contributed by atoms with E-state index in [2.05, 4.69) is 17.0 Å². The first kappa shape index (κ1) is 13.9. The fourth-order valence-electron chi connectivity index (χ4n) is 2.48. The molecule has 0 fully saturated rings. The molecular weight excluding hydrogens is 266 g/mol. The van der Waals surface area contributed by atoms with E-state index < -0.39 is 6.10 Å². The fraction of sp³-hybridized carbons (Fsp3) is 0.294. The second-order valence-electron chi connectivity index (χ2n) is 5.31. The van der Waals surface area contributed by atoms with E-state index in [1.165, 1.54) is 5.56 Å². The first-order valence-corrected chi connectivity index (χ1v) is 7.02. The Labute approximate surface area is 124 Å². The van der Waals surface area contributed by atoms with Crippen LogP contribution in [0.4, 0.5) is 0 Å². The van der Waals surface area contributed by atoms with Gasteiger partial charge >= 0.3 is 0 Å². The van der Waals surface area contributed by atoms with Crippen molar-refractivity contribution in [2.75, 3.05) is 20.4 Å². The number of nitrogens with zero attached hydrogens (tertiary/aromatic N) is 1. The van der Waals surface area contributed by atoms with Crippen LogP contribution in [0.25, 0.3) is 0 Å². The van der Waals surface area contributed by atoms with Crippen molar-refractivity contribution in [3.63, 3.8) is 0 Å². The molecule has 0 saturated heterocycles. The van der Waals surface area contributed by atoms with E-state index in [4.69, 9.17) is 9.47 Å². The molecule has 1 N–H and O–H groups in total. The molecule has 2 aromatic rings. The third-order valence-corrected chi connectivity index (χ3v) is 3.56. The van der Waals surface area contributed by atoms with Crippen LogP contribution in [0.1, 0.15) is 17.2 Å². The Bertz CT molecular complexity index is 600. The average molecular weight is 285 g/mol. The Balaban J connectivity index is 1.62. The van der Waals surface area contributed by atoms with Crippen LogP contribution in [0, 0.1) is 0 Å². The molecule has 0 bridgehead atoms. The quantitative estimate of drug-likeness (QED) is 0.917. The molecule has 0 amide bonds. The lowest BCUT2D eigenvalue weighted by Gasteiger charge is -2.21. The third kappa shape index (κ3) is 3.35. The molecule has 0 spiro atoms. The summed E-state index contributed by atoms with van der Waals surface area (Å²) in [6, 6.07) is 15.8. The maximum atomic E-state index is 10.4. The van der Waals surface area contributed by atoms with Crippen LogP contribution in [0.2, 0.25) is 0 Å². The van der Waals surface area contributed by atoms with Crippen LogP contribution in [-0.4, -0.2) is 30.4 Å². The van der Waals surface area contributed by atoms with Crippen molar-refractivity contribution in [1.82, 2.24) is 4.90 Å². The van der Waals surface area contributed by atoms with Gasteiger partial charge in [0.1, 0.15) is 0 Å². The number of likely N-dealkylation sites (N-methyl/N-ethyl adjacent to an activating group) is 1. The molecule has 4 nitrogen and oxygen atoms in total. The number of ether oxygens (including phenoxy) is 2. The predicted octanol–water partition coefficient (Wildman–Crippen LogP) is 2.58. The van der Waals surface area contributed by atoms with E-state index in [1.807, 2.05) is 43.4 Å². The fourth-order valence-corrected chi connectivity index (χ4v) is 2.48. The van der Waals surface area contributed by atoms with Crippen molar-refractivity contribution >= 4 is 0 Å². The van der Waals surface area contributed by atoms with Gasteiger partial charge in [0.2, 0.25) is 6.79 Å². The molecule has 1 aliphatic rings. The van der Waals surface area contributed by atoms with E-state index >= 15 is 0 Å². The smallest absolute Gasteiger partial charge is 0.231 e. The Kier molecular flexibility index (Phi) is 4.08. The third-order valence-electron chi connectivity index (χ3n) is 3.56. The summed E-state index contributed by atoms with van der Waals surface area (Å²) in [7, 11) is 2.00. The lowest BCUT2D eigenvalue weighted by molar-refractivity contribution is 0.123. The van der Waals surface area contributed by atoms with Gasteiger partial charge in [-0.05, 0) is 30.3 Å². The maximum absolute atomic E-state index is 10.4. The highest BCUT2D eigenvalue weighted by molar-refractivity contribution is 5.45. The highest BCUT2D eigenvalue weighted by atomic mass is 16.7. The number of rotatable bonds is 5. The van der Waals surface area contributed by atoms with E-state index in [0.717, 1.165) is 17.9 Å². The van der Waals surface area contributed by atoms with Crippen LogP contribution in [-0.2, 0) is 6.54 Å². The summed E-state index contributed by atoms with van der Waals surface area (Å²) in [6.07, 6.45) is -0.548. The van der Waals surface area contributed by atoms with Gasteiger partial charge in [-0.3, -0.25) is 4.90 Å². The normalized spacial score (nSPS) is 14.4. The minimum atomic E-state index is -0.548.